The van der Waals surface area contributed by atoms with Gasteiger partial charge in [-0.2, -0.15) is 0 Å². The van der Waals surface area contributed by atoms with Crippen molar-refractivity contribution in [3.05, 3.63) is 60.7 Å². The van der Waals surface area contributed by atoms with E-state index in [9.17, 15) is 4.57 Å². The van der Waals surface area contributed by atoms with Crippen molar-refractivity contribution in [2.75, 3.05) is 26.2 Å². The van der Waals surface area contributed by atoms with Crippen LogP contribution in [0.5, 0.6) is 0 Å². The molecule has 1 aliphatic rings. The maximum atomic E-state index is 13.7. The van der Waals surface area contributed by atoms with Crippen LogP contribution in [-0.4, -0.2) is 31.1 Å². The highest BCUT2D eigenvalue weighted by Gasteiger charge is 2.26. The van der Waals surface area contributed by atoms with Crippen molar-refractivity contribution in [3.63, 3.8) is 0 Å². The maximum Gasteiger partial charge on any atom is 0.204 e. The van der Waals surface area contributed by atoms with Gasteiger partial charge in [0, 0.05) is 23.7 Å². The van der Waals surface area contributed by atoms with Crippen LogP contribution >= 0.6 is 7.29 Å². The normalized spacial score (nSPS) is 14.9. The molecular weight excluding hydrogens is 315 g/mol. The van der Waals surface area contributed by atoms with Gasteiger partial charge in [-0.25, -0.2) is 0 Å². The molecule has 0 unspecified atom stereocenters. The minimum absolute atomic E-state index is 0.751. The van der Waals surface area contributed by atoms with E-state index in [0.29, 0.717) is 0 Å². The third-order valence-electron chi connectivity index (χ3n) is 4.20. The van der Waals surface area contributed by atoms with E-state index in [2.05, 4.69) is 9.99 Å². The third kappa shape index (κ3) is 4.80. The molecule has 3 rings (SSSR count). The summed E-state index contributed by atoms with van der Waals surface area (Å²) in [6, 6.07) is 19.5. The highest BCUT2D eigenvalue weighted by molar-refractivity contribution is 7.76. The summed E-state index contributed by atoms with van der Waals surface area (Å²) in [5.41, 5.74) is 0. The van der Waals surface area contributed by atoms with Crippen LogP contribution in [0.4, 0.5) is 0 Å². The van der Waals surface area contributed by atoms with Crippen LogP contribution in [0.2, 0.25) is 0 Å². The SMILES string of the molecule is CC.O=P(NCCN1CCCC1)(c1ccccc1)c1ccccc1. The molecular formula is C20H29N2OP. The molecule has 2 aromatic rings. The summed E-state index contributed by atoms with van der Waals surface area (Å²) >= 11 is 0. The molecule has 130 valence electrons. The molecule has 1 N–H and O–H groups in total. The molecule has 0 bridgehead atoms. The van der Waals surface area contributed by atoms with E-state index >= 15 is 0 Å². The van der Waals surface area contributed by atoms with Gasteiger partial charge in [0.15, 0.2) is 0 Å². The van der Waals surface area contributed by atoms with Crippen LogP contribution in [0.15, 0.2) is 60.7 Å². The van der Waals surface area contributed by atoms with Gasteiger partial charge in [0.25, 0.3) is 0 Å². The quantitative estimate of drug-likeness (QED) is 0.812. The van der Waals surface area contributed by atoms with Crippen molar-refractivity contribution in [1.29, 1.82) is 0 Å². The van der Waals surface area contributed by atoms with E-state index in [0.717, 1.165) is 23.7 Å². The van der Waals surface area contributed by atoms with Crippen LogP contribution in [0, 0.1) is 0 Å². The first-order valence-electron chi connectivity index (χ1n) is 8.98. The Hall–Kier alpha value is -1.41. The molecule has 0 radical (unpaired) electrons. The van der Waals surface area contributed by atoms with Crippen LogP contribution in [-0.2, 0) is 4.57 Å². The molecule has 4 heteroatoms. The Kier molecular flexibility index (Phi) is 7.71. The van der Waals surface area contributed by atoms with Gasteiger partial charge < -0.3 is 4.90 Å². The molecule has 1 heterocycles. The van der Waals surface area contributed by atoms with Crippen LogP contribution in [0.1, 0.15) is 26.7 Å². The van der Waals surface area contributed by atoms with E-state index in [1.807, 2.05) is 74.5 Å². The lowest BCUT2D eigenvalue weighted by molar-refractivity contribution is 0.344. The molecule has 1 fully saturated rings. The Morgan fingerprint density at radius 2 is 1.33 bits per heavy atom. The molecule has 0 atom stereocenters. The second-order valence-corrected chi connectivity index (χ2v) is 8.30. The first-order chi connectivity index (χ1) is 11.8. The zero-order chi connectivity index (χ0) is 17.3. The first kappa shape index (κ1) is 18.9. The summed E-state index contributed by atoms with van der Waals surface area (Å²) in [5.74, 6) is 0. The van der Waals surface area contributed by atoms with Crippen molar-refractivity contribution in [2.24, 2.45) is 0 Å². The number of hydrogen-bond acceptors (Lipinski definition) is 2. The zero-order valence-electron chi connectivity index (χ0n) is 14.8. The molecule has 1 saturated heterocycles. The van der Waals surface area contributed by atoms with Crippen molar-refractivity contribution in [1.82, 2.24) is 9.99 Å². The van der Waals surface area contributed by atoms with Crippen LogP contribution in [0.3, 0.4) is 0 Å². The Balaban J connectivity index is 0.00000100. The Labute approximate surface area is 146 Å². The molecule has 0 aromatic heterocycles. The highest BCUT2D eigenvalue weighted by atomic mass is 31.2. The van der Waals surface area contributed by atoms with Gasteiger partial charge in [-0.15, -0.1) is 0 Å². The summed E-state index contributed by atoms with van der Waals surface area (Å²) in [6.07, 6.45) is 2.57. The fourth-order valence-electron chi connectivity index (χ4n) is 2.98. The minimum Gasteiger partial charge on any atom is -0.302 e. The summed E-state index contributed by atoms with van der Waals surface area (Å²) in [6.45, 7) is 8.05. The van der Waals surface area contributed by atoms with Crippen molar-refractivity contribution >= 4 is 17.9 Å². The fourth-order valence-corrected chi connectivity index (χ4v) is 5.24. The van der Waals surface area contributed by atoms with Gasteiger partial charge in [0.05, 0.1) is 0 Å². The standard InChI is InChI=1S/C18H23N2OP.C2H6/c21-22(17-9-3-1-4-10-17,18-11-5-2-6-12-18)19-13-16-20-14-7-8-15-20;1-2/h1-6,9-12H,7-8,13-16H2,(H,19,21);1-2H3. The minimum atomic E-state index is -2.76. The summed E-state index contributed by atoms with van der Waals surface area (Å²) in [5, 5.41) is 5.12. The summed E-state index contributed by atoms with van der Waals surface area (Å²) in [7, 11) is -2.76. The largest absolute Gasteiger partial charge is 0.302 e. The predicted octanol–water partition coefficient (Wildman–Crippen LogP) is 3.63. The van der Waals surface area contributed by atoms with Gasteiger partial charge in [0.2, 0.25) is 7.29 Å². The van der Waals surface area contributed by atoms with E-state index in [4.69, 9.17) is 0 Å². The number of nitrogens with zero attached hydrogens (tertiary/aromatic N) is 1. The smallest absolute Gasteiger partial charge is 0.204 e. The molecule has 0 spiro atoms. The van der Waals surface area contributed by atoms with Gasteiger partial charge in [0.1, 0.15) is 0 Å². The van der Waals surface area contributed by atoms with Crippen molar-refractivity contribution in [3.8, 4) is 0 Å². The van der Waals surface area contributed by atoms with E-state index < -0.39 is 7.29 Å². The van der Waals surface area contributed by atoms with Crippen molar-refractivity contribution < 1.29 is 4.57 Å². The van der Waals surface area contributed by atoms with Crippen LogP contribution in [0.25, 0.3) is 0 Å². The van der Waals surface area contributed by atoms with Crippen LogP contribution < -0.4 is 15.7 Å². The third-order valence-corrected chi connectivity index (χ3v) is 6.92. The Morgan fingerprint density at radius 3 is 1.79 bits per heavy atom. The summed E-state index contributed by atoms with van der Waals surface area (Å²) < 4.78 is 13.7. The molecule has 0 aliphatic carbocycles. The van der Waals surface area contributed by atoms with Gasteiger partial charge in [-0.1, -0.05) is 50.2 Å². The monoisotopic (exact) mass is 344 g/mol. The lowest BCUT2D eigenvalue weighted by Gasteiger charge is -2.22. The van der Waals surface area contributed by atoms with E-state index in [-0.39, 0.29) is 0 Å². The summed E-state index contributed by atoms with van der Waals surface area (Å²) in [4.78, 5) is 2.44. The topological polar surface area (TPSA) is 32.3 Å². The molecule has 0 amide bonds. The lowest BCUT2D eigenvalue weighted by atomic mass is 10.4. The zero-order valence-corrected chi connectivity index (χ0v) is 15.7. The number of benzene rings is 2. The van der Waals surface area contributed by atoms with Gasteiger partial charge in [-0.3, -0.25) is 9.65 Å². The Bertz CT molecular complexity index is 581. The maximum absolute atomic E-state index is 13.7. The van der Waals surface area contributed by atoms with Crippen molar-refractivity contribution in [2.45, 2.75) is 26.7 Å². The molecule has 2 aromatic carbocycles. The average molecular weight is 344 g/mol. The number of rotatable bonds is 6. The van der Waals surface area contributed by atoms with Gasteiger partial charge in [-0.05, 0) is 50.2 Å². The molecule has 1 aliphatic heterocycles. The second-order valence-electron chi connectivity index (χ2n) is 5.74. The number of nitrogens with one attached hydrogen (secondary N) is 1. The van der Waals surface area contributed by atoms with E-state index in [1.165, 1.54) is 25.9 Å². The van der Waals surface area contributed by atoms with E-state index in [1.54, 1.807) is 0 Å². The number of likely N-dealkylation sites (tertiary alicyclic amines) is 1. The fraction of sp³-hybridized carbons (Fsp3) is 0.400. The first-order valence-corrected chi connectivity index (χ1v) is 10.7. The lowest BCUT2D eigenvalue weighted by Crippen LogP contribution is -2.34. The number of hydrogen-bond donors (Lipinski definition) is 1. The average Bonchev–Trinajstić information content (AvgIpc) is 3.18. The molecule has 24 heavy (non-hydrogen) atoms. The van der Waals surface area contributed by atoms with Gasteiger partial charge >= 0.3 is 0 Å². The highest BCUT2D eigenvalue weighted by Crippen LogP contribution is 2.38. The second kappa shape index (κ2) is 9.78. The molecule has 3 nitrogen and oxygen atoms in total. The Morgan fingerprint density at radius 1 is 0.875 bits per heavy atom. The predicted molar refractivity (Wildman–Crippen MR) is 105 cm³/mol. The molecule has 0 saturated carbocycles.